The predicted molar refractivity (Wildman–Crippen MR) is 149 cm³/mol. The highest BCUT2D eigenvalue weighted by Gasteiger charge is 2.24. The Morgan fingerprint density at radius 1 is 1.14 bits per heavy atom. The highest BCUT2D eigenvalue weighted by atomic mass is 32.2. The molecule has 0 saturated carbocycles. The summed E-state index contributed by atoms with van der Waals surface area (Å²) >= 11 is 2.51. The maximum absolute atomic E-state index is 13.2. The van der Waals surface area contributed by atoms with E-state index in [1.54, 1.807) is 12.3 Å². The van der Waals surface area contributed by atoms with Crippen LogP contribution in [-0.4, -0.2) is 35.1 Å². The lowest BCUT2D eigenvalue weighted by molar-refractivity contribution is -0.142. The van der Waals surface area contributed by atoms with Crippen LogP contribution in [0.3, 0.4) is 0 Å². The molecule has 3 N–H and O–H groups in total. The van der Waals surface area contributed by atoms with Gasteiger partial charge in [0.15, 0.2) is 5.13 Å². The van der Waals surface area contributed by atoms with Crippen molar-refractivity contribution in [3.63, 3.8) is 0 Å². The Bertz CT molecular complexity index is 1130. The Morgan fingerprint density at radius 2 is 1.92 bits per heavy atom. The summed E-state index contributed by atoms with van der Waals surface area (Å²) in [6.45, 7) is 10.4. The fourth-order valence-corrected chi connectivity index (χ4v) is 4.86. The van der Waals surface area contributed by atoms with Gasteiger partial charge in [-0.05, 0) is 51.0 Å². The Labute approximate surface area is 221 Å². The van der Waals surface area contributed by atoms with Crippen molar-refractivity contribution >= 4 is 45.2 Å². The lowest BCUT2D eigenvalue weighted by Crippen LogP contribution is -2.18. The number of esters is 1. The fourth-order valence-electron chi connectivity index (χ4n) is 3.14. The summed E-state index contributed by atoms with van der Waals surface area (Å²) in [6.07, 6.45) is 10.8. The van der Waals surface area contributed by atoms with E-state index in [2.05, 4.69) is 10.3 Å². The van der Waals surface area contributed by atoms with Gasteiger partial charge in [0.2, 0.25) is 0 Å². The number of allylic oxidation sites excluding steroid dienone is 7. The molecule has 1 amide bonds. The number of hydrogen-bond donors (Lipinski definition) is 2. The Hall–Kier alpha value is -3.11. The number of carbonyl (C=O) groups is 2. The second-order valence-electron chi connectivity index (χ2n) is 7.29. The van der Waals surface area contributed by atoms with Gasteiger partial charge < -0.3 is 15.2 Å². The average molecular weight is 531 g/mol. The molecule has 0 aliphatic carbocycles. The largest absolute Gasteiger partial charge is 0.494 e. The lowest BCUT2D eigenvalue weighted by atomic mass is 10.1. The summed E-state index contributed by atoms with van der Waals surface area (Å²) in [5.41, 5.74) is 9.06. The first kappa shape index (κ1) is 29.1. The number of aliphatic imine (C=N–C) groups is 1. The molecular formula is C26H34N4O4S2. The van der Waals surface area contributed by atoms with Crippen molar-refractivity contribution in [3.8, 4) is 0 Å². The van der Waals surface area contributed by atoms with Gasteiger partial charge in [-0.2, -0.15) is 0 Å². The van der Waals surface area contributed by atoms with Crippen LogP contribution in [0.2, 0.25) is 0 Å². The molecule has 0 unspecified atom stereocenters. The smallest absolute Gasteiger partial charge is 0.311 e. The molecule has 0 aromatic carbocycles. The topological polar surface area (TPSA) is 116 Å². The zero-order valence-electron chi connectivity index (χ0n) is 21.4. The summed E-state index contributed by atoms with van der Waals surface area (Å²) in [4.78, 5) is 34.3. The maximum Gasteiger partial charge on any atom is 0.311 e. The van der Waals surface area contributed by atoms with Gasteiger partial charge in [0, 0.05) is 17.5 Å². The second-order valence-corrected chi connectivity index (χ2v) is 9.23. The molecule has 3 rings (SSSR count). The van der Waals surface area contributed by atoms with E-state index in [4.69, 9.17) is 20.2 Å². The van der Waals surface area contributed by atoms with Crippen LogP contribution >= 0.6 is 23.1 Å². The van der Waals surface area contributed by atoms with Gasteiger partial charge in [-0.3, -0.25) is 19.9 Å². The van der Waals surface area contributed by atoms with Crippen LogP contribution in [0.1, 0.15) is 53.2 Å². The number of nitrogens with zero attached hydrogens (tertiary/aromatic N) is 2. The van der Waals surface area contributed by atoms with Gasteiger partial charge in [-0.1, -0.05) is 37.8 Å². The van der Waals surface area contributed by atoms with Crippen LogP contribution in [0.25, 0.3) is 0 Å². The van der Waals surface area contributed by atoms with Crippen molar-refractivity contribution in [2.24, 2.45) is 10.7 Å². The molecule has 36 heavy (non-hydrogen) atoms. The van der Waals surface area contributed by atoms with Gasteiger partial charge >= 0.3 is 5.97 Å². The first-order valence-corrected chi connectivity index (χ1v) is 13.6. The van der Waals surface area contributed by atoms with Crippen LogP contribution in [0.5, 0.6) is 0 Å². The van der Waals surface area contributed by atoms with Crippen molar-refractivity contribution in [2.45, 2.75) is 53.9 Å². The van der Waals surface area contributed by atoms with Crippen LogP contribution < -0.4 is 11.1 Å². The molecule has 0 atom stereocenters. The molecule has 1 aromatic heterocycles. The molecule has 8 nitrogen and oxygen atoms in total. The van der Waals surface area contributed by atoms with Crippen molar-refractivity contribution in [1.29, 1.82) is 0 Å². The van der Waals surface area contributed by atoms with E-state index in [1.807, 2.05) is 58.1 Å². The Balaban J connectivity index is 0.00000222. The summed E-state index contributed by atoms with van der Waals surface area (Å²) in [7, 11) is 0. The van der Waals surface area contributed by atoms with Crippen LogP contribution in [-0.2, 0) is 25.5 Å². The minimum Gasteiger partial charge on any atom is -0.494 e. The number of nitrogens with two attached hydrogens (primary N) is 1. The monoisotopic (exact) mass is 530 g/mol. The Kier molecular flexibility index (Phi) is 12.2. The van der Waals surface area contributed by atoms with E-state index in [-0.39, 0.29) is 18.3 Å². The van der Waals surface area contributed by atoms with Gasteiger partial charge in [0.1, 0.15) is 10.7 Å². The molecule has 10 heteroatoms. The summed E-state index contributed by atoms with van der Waals surface area (Å²) in [6, 6.07) is 0. The summed E-state index contributed by atoms with van der Waals surface area (Å²) in [5.74, 6) is -0.0124. The van der Waals surface area contributed by atoms with Crippen molar-refractivity contribution < 1.29 is 19.1 Å². The predicted octanol–water partition coefficient (Wildman–Crippen LogP) is 5.63. The molecule has 2 aliphatic heterocycles. The molecule has 1 aromatic rings. The van der Waals surface area contributed by atoms with E-state index >= 15 is 0 Å². The number of thioether (sulfide) groups is 1. The Morgan fingerprint density at radius 3 is 2.64 bits per heavy atom. The van der Waals surface area contributed by atoms with Gasteiger partial charge in [-0.15, -0.1) is 11.3 Å². The molecular weight excluding hydrogens is 496 g/mol. The zero-order chi connectivity index (χ0) is 26.5. The van der Waals surface area contributed by atoms with E-state index in [9.17, 15) is 9.59 Å². The maximum atomic E-state index is 13.2. The number of rotatable bonds is 7. The SMILES string of the molecule is CC.CCOC(=O)Cc1csc(NC(=O)C2=C(N)C3=CC=CC(OCC)=CC=C(C)N=C(CC3)S2)n1. The minimum atomic E-state index is -0.367. The number of thiazole rings is 1. The van der Waals surface area contributed by atoms with E-state index in [0.717, 1.165) is 16.3 Å². The van der Waals surface area contributed by atoms with E-state index in [0.29, 0.717) is 53.2 Å². The highest BCUT2D eigenvalue weighted by Crippen LogP contribution is 2.34. The number of fused-ring (bicyclic) bond motifs is 3. The molecule has 194 valence electrons. The first-order chi connectivity index (χ1) is 17.4. The van der Waals surface area contributed by atoms with Crippen molar-refractivity contribution in [3.05, 3.63) is 69.1 Å². The third-order valence-corrected chi connectivity index (χ3v) is 6.63. The molecule has 0 radical (unpaired) electrons. The quantitative estimate of drug-likeness (QED) is 0.439. The van der Waals surface area contributed by atoms with E-state index in [1.165, 1.54) is 23.1 Å². The standard InChI is InChI=1S/C24H28N4O4S2.C2H6/c1-4-31-18-8-6-7-16-10-12-19(26-15(3)9-11-18)34-22(21(16)25)23(30)28-24-27-17(14-33-24)13-20(29)32-5-2;1-2/h6-9,11,14H,4-5,10,12-13,25H2,1-3H3,(H,27,28,30);1-2H3. The summed E-state index contributed by atoms with van der Waals surface area (Å²) < 4.78 is 10.6. The summed E-state index contributed by atoms with van der Waals surface area (Å²) in [5, 5.41) is 5.71. The van der Waals surface area contributed by atoms with Gasteiger partial charge in [0.25, 0.3) is 5.91 Å². The highest BCUT2D eigenvalue weighted by molar-refractivity contribution is 8.18. The average Bonchev–Trinajstić information content (AvgIpc) is 3.22. The molecule has 0 spiro atoms. The number of carbonyl (C=O) groups excluding carboxylic acids is 2. The normalized spacial score (nSPS) is 15.6. The zero-order valence-corrected chi connectivity index (χ0v) is 23.1. The number of anilines is 1. The second kappa shape index (κ2) is 15.1. The molecule has 3 heterocycles. The van der Waals surface area contributed by atoms with Crippen LogP contribution in [0.4, 0.5) is 5.13 Å². The molecule has 0 saturated heterocycles. The number of amides is 1. The van der Waals surface area contributed by atoms with Crippen molar-refractivity contribution in [2.75, 3.05) is 18.5 Å². The van der Waals surface area contributed by atoms with Crippen LogP contribution in [0, 0.1) is 0 Å². The number of hydrogen-bond acceptors (Lipinski definition) is 9. The molecule has 2 bridgehead atoms. The van der Waals surface area contributed by atoms with Crippen LogP contribution in [0.15, 0.2) is 68.4 Å². The third kappa shape index (κ3) is 8.83. The number of aromatic nitrogens is 1. The third-order valence-electron chi connectivity index (χ3n) is 4.69. The number of ether oxygens (including phenoxy) is 2. The first-order valence-electron chi connectivity index (χ1n) is 11.9. The van der Waals surface area contributed by atoms with Crippen molar-refractivity contribution in [1.82, 2.24) is 4.98 Å². The fraction of sp³-hybridized carbons (Fsp3) is 0.385. The minimum absolute atomic E-state index is 0.0548. The van der Waals surface area contributed by atoms with E-state index < -0.39 is 0 Å². The molecule has 0 fully saturated rings. The molecule has 2 aliphatic rings. The van der Waals surface area contributed by atoms with Gasteiger partial charge in [-0.25, -0.2) is 4.98 Å². The number of nitrogens with one attached hydrogen (secondary N) is 1. The lowest BCUT2D eigenvalue weighted by Gasteiger charge is -2.09. The van der Waals surface area contributed by atoms with Gasteiger partial charge in [0.05, 0.1) is 36.1 Å².